The van der Waals surface area contributed by atoms with Crippen LogP contribution < -0.4 is 5.32 Å². The van der Waals surface area contributed by atoms with E-state index in [9.17, 15) is 14.4 Å². The van der Waals surface area contributed by atoms with E-state index in [1.54, 1.807) is 0 Å². The van der Waals surface area contributed by atoms with Gasteiger partial charge in [0.1, 0.15) is 0 Å². The van der Waals surface area contributed by atoms with Gasteiger partial charge in [-0.15, -0.1) is 0 Å². The first-order valence-electron chi connectivity index (χ1n) is 11.8. The molecule has 0 bridgehead atoms. The minimum absolute atomic E-state index is 0.200. The molecule has 8 heteroatoms. The van der Waals surface area contributed by atoms with E-state index in [0.29, 0.717) is 24.8 Å². The van der Waals surface area contributed by atoms with Crippen molar-refractivity contribution in [3.63, 3.8) is 0 Å². The molecule has 1 atom stereocenters. The van der Waals surface area contributed by atoms with E-state index in [0.717, 1.165) is 74.9 Å². The molecule has 170 valence electrons. The number of piperidine rings is 3. The van der Waals surface area contributed by atoms with Gasteiger partial charge < -0.3 is 9.80 Å². The van der Waals surface area contributed by atoms with Crippen LogP contribution in [0.1, 0.15) is 61.6 Å². The van der Waals surface area contributed by atoms with E-state index in [2.05, 4.69) is 33.5 Å². The smallest absolute Gasteiger partial charge is 0.235 e. The molecule has 0 aliphatic carbocycles. The maximum absolute atomic E-state index is 12.4. The summed E-state index contributed by atoms with van der Waals surface area (Å²) in [5.74, 6) is -0.276. The maximum Gasteiger partial charge on any atom is 0.235 e. The Balaban J connectivity index is 1.28. The Labute approximate surface area is 187 Å². The number of benzene rings is 1. The monoisotopic (exact) mass is 437 g/mol. The number of aryl methyl sites for hydroxylation is 1. The number of nitrogens with zero attached hydrogens (tertiary/aromatic N) is 4. The second-order valence-electron chi connectivity index (χ2n) is 9.47. The molecule has 0 saturated carbocycles. The van der Waals surface area contributed by atoms with E-state index in [4.69, 9.17) is 0 Å². The fourth-order valence-corrected chi connectivity index (χ4v) is 5.72. The number of aromatic nitrogens is 2. The quantitative estimate of drug-likeness (QED) is 0.583. The van der Waals surface area contributed by atoms with Crippen LogP contribution >= 0.6 is 0 Å². The molecule has 3 saturated heterocycles. The molecule has 8 nitrogen and oxygen atoms in total. The van der Waals surface area contributed by atoms with Crippen LogP contribution in [0.3, 0.4) is 0 Å². The van der Waals surface area contributed by atoms with Crippen molar-refractivity contribution < 1.29 is 14.4 Å². The molecule has 1 aromatic carbocycles. The summed E-state index contributed by atoms with van der Waals surface area (Å²) in [5, 5.41) is 8.12. The van der Waals surface area contributed by atoms with Crippen molar-refractivity contribution in [1.29, 1.82) is 0 Å². The van der Waals surface area contributed by atoms with Crippen molar-refractivity contribution in [2.75, 3.05) is 26.2 Å². The lowest BCUT2D eigenvalue weighted by Gasteiger charge is -2.41. The average Bonchev–Trinajstić information content (AvgIpc) is 3.15. The molecule has 0 radical (unpaired) electrons. The van der Waals surface area contributed by atoms with Crippen molar-refractivity contribution in [3.8, 4) is 0 Å². The van der Waals surface area contributed by atoms with Gasteiger partial charge in [-0.05, 0) is 62.7 Å². The van der Waals surface area contributed by atoms with E-state index in [1.165, 1.54) is 5.56 Å². The molecule has 32 heavy (non-hydrogen) atoms. The summed E-state index contributed by atoms with van der Waals surface area (Å²) < 4.78 is 1.87. The molecule has 3 aliphatic heterocycles. The topological polar surface area (TPSA) is 87.5 Å². The minimum atomic E-state index is -0.365. The van der Waals surface area contributed by atoms with Gasteiger partial charge in [0.2, 0.25) is 18.2 Å². The molecule has 3 amide bonds. The standard InChI is InChI=1S/C24H31N5O3/c1-27-21-14-17(2-3-19(21)23(26-27)20-4-5-22(31)25-24(20)32)16-6-12-29(13-7-16)18-8-10-28(15-30)11-9-18/h2-3,14-16,18,20H,4-13H2,1H3,(H,25,31,32). The first-order valence-corrected chi connectivity index (χ1v) is 11.8. The van der Waals surface area contributed by atoms with Crippen LogP contribution in [0.25, 0.3) is 10.9 Å². The van der Waals surface area contributed by atoms with Gasteiger partial charge in [-0.25, -0.2) is 0 Å². The SMILES string of the molecule is Cn1nc(C2CCC(=O)NC2=O)c2ccc(C3CCN(C4CCN(C=O)CC4)CC3)cc21. The molecule has 0 spiro atoms. The largest absolute Gasteiger partial charge is 0.345 e. The fourth-order valence-electron chi connectivity index (χ4n) is 5.72. The van der Waals surface area contributed by atoms with E-state index in [-0.39, 0.29) is 17.7 Å². The summed E-state index contributed by atoms with van der Waals surface area (Å²) in [5.41, 5.74) is 3.16. The predicted octanol–water partition coefficient (Wildman–Crippen LogP) is 1.89. The minimum Gasteiger partial charge on any atom is -0.345 e. The molecule has 1 aromatic heterocycles. The number of fused-ring (bicyclic) bond motifs is 1. The lowest BCUT2D eigenvalue weighted by molar-refractivity contribution is -0.134. The number of nitrogens with one attached hydrogen (secondary N) is 1. The predicted molar refractivity (Wildman–Crippen MR) is 120 cm³/mol. The average molecular weight is 438 g/mol. The van der Waals surface area contributed by atoms with Crippen molar-refractivity contribution in [3.05, 3.63) is 29.5 Å². The molecule has 1 unspecified atom stereocenters. The van der Waals surface area contributed by atoms with Crippen molar-refractivity contribution >= 4 is 29.1 Å². The second-order valence-corrected chi connectivity index (χ2v) is 9.47. The van der Waals surface area contributed by atoms with Crippen molar-refractivity contribution in [2.45, 2.75) is 56.4 Å². The summed E-state index contributed by atoms with van der Waals surface area (Å²) in [6.07, 6.45) is 6.28. The fraction of sp³-hybridized carbons (Fsp3) is 0.583. The number of likely N-dealkylation sites (tertiary alicyclic amines) is 2. The lowest BCUT2D eigenvalue weighted by Crippen LogP contribution is -2.47. The third-order valence-electron chi connectivity index (χ3n) is 7.64. The van der Waals surface area contributed by atoms with Crippen molar-refractivity contribution in [1.82, 2.24) is 24.9 Å². The van der Waals surface area contributed by atoms with Crippen LogP contribution in [0.2, 0.25) is 0 Å². The Hall–Kier alpha value is -2.74. The second kappa shape index (κ2) is 8.65. The Morgan fingerprint density at radius 3 is 2.47 bits per heavy atom. The zero-order valence-corrected chi connectivity index (χ0v) is 18.6. The van der Waals surface area contributed by atoms with E-state index >= 15 is 0 Å². The zero-order valence-electron chi connectivity index (χ0n) is 18.6. The third-order valence-corrected chi connectivity index (χ3v) is 7.64. The molecule has 5 rings (SSSR count). The molecule has 1 N–H and O–H groups in total. The molecular weight excluding hydrogens is 406 g/mol. The van der Waals surface area contributed by atoms with Gasteiger partial charge in [0, 0.05) is 38.0 Å². The van der Waals surface area contributed by atoms with Crippen molar-refractivity contribution in [2.24, 2.45) is 7.05 Å². The van der Waals surface area contributed by atoms with Crippen LogP contribution in [0.5, 0.6) is 0 Å². The Kier molecular flexibility index (Phi) is 5.71. The van der Waals surface area contributed by atoms with E-state index < -0.39 is 0 Å². The summed E-state index contributed by atoms with van der Waals surface area (Å²) in [4.78, 5) is 39.3. The molecule has 3 aliphatic rings. The summed E-state index contributed by atoms with van der Waals surface area (Å²) in [7, 11) is 1.93. The number of rotatable bonds is 4. The Morgan fingerprint density at radius 1 is 1.03 bits per heavy atom. The number of hydrogen-bond acceptors (Lipinski definition) is 5. The van der Waals surface area contributed by atoms with Crippen LogP contribution in [-0.2, 0) is 21.4 Å². The summed E-state index contributed by atoms with van der Waals surface area (Å²) in [6.45, 7) is 3.95. The van der Waals surface area contributed by atoms with Gasteiger partial charge in [-0.3, -0.25) is 24.4 Å². The highest BCUT2D eigenvalue weighted by Crippen LogP contribution is 2.35. The Bertz CT molecular complexity index is 1030. The highest BCUT2D eigenvalue weighted by Gasteiger charge is 2.32. The number of hydrogen-bond donors (Lipinski definition) is 1. The highest BCUT2D eigenvalue weighted by atomic mass is 16.2. The van der Waals surface area contributed by atoms with Crippen LogP contribution in [0.15, 0.2) is 18.2 Å². The van der Waals surface area contributed by atoms with Gasteiger partial charge in [-0.2, -0.15) is 5.10 Å². The first-order chi connectivity index (χ1) is 15.5. The number of carbonyl (C=O) groups excluding carboxylic acids is 3. The third kappa shape index (κ3) is 3.92. The molecule has 3 fully saturated rings. The van der Waals surface area contributed by atoms with Gasteiger partial charge in [0.15, 0.2) is 0 Å². The first kappa shape index (κ1) is 21.1. The maximum atomic E-state index is 12.4. The normalized spacial score (nSPS) is 24.2. The summed E-state index contributed by atoms with van der Waals surface area (Å²) >= 11 is 0. The Morgan fingerprint density at radius 2 is 1.78 bits per heavy atom. The molecular formula is C24H31N5O3. The van der Waals surface area contributed by atoms with Gasteiger partial charge in [-0.1, -0.05) is 12.1 Å². The molecule has 4 heterocycles. The van der Waals surface area contributed by atoms with Crippen LogP contribution in [-0.4, -0.2) is 70.0 Å². The van der Waals surface area contributed by atoms with Gasteiger partial charge >= 0.3 is 0 Å². The zero-order chi connectivity index (χ0) is 22.2. The van der Waals surface area contributed by atoms with E-state index in [1.807, 2.05) is 16.6 Å². The number of amides is 3. The lowest BCUT2D eigenvalue weighted by atomic mass is 9.87. The summed E-state index contributed by atoms with van der Waals surface area (Å²) in [6, 6.07) is 7.14. The van der Waals surface area contributed by atoms with Gasteiger partial charge in [0.05, 0.1) is 17.1 Å². The van der Waals surface area contributed by atoms with Crippen LogP contribution in [0, 0.1) is 0 Å². The van der Waals surface area contributed by atoms with Crippen LogP contribution in [0.4, 0.5) is 0 Å². The van der Waals surface area contributed by atoms with Gasteiger partial charge in [0.25, 0.3) is 0 Å². The highest BCUT2D eigenvalue weighted by molar-refractivity contribution is 6.02. The number of imide groups is 1. The number of carbonyl (C=O) groups is 3. The molecule has 2 aromatic rings.